The average Bonchev–Trinajstić information content (AvgIpc) is 2.82. The van der Waals surface area contributed by atoms with Crippen LogP contribution in [0.25, 0.3) is 21.9 Å². The highest BCUT2D eigenvalue weighted by molar-refractivity contribution is 9.09. The molecule has 2 aromatic carbocycles. The number of rotatable bonds is 3. The second-order valence-electron chi connectivity index (χ2n) is 4.59. The number of alkyl halides is 3. The van der Waals surface area contributed by atoms with Crippen LogP contribution >= 0.6 is 15.9 Å². The Balaban J connectivity index is 2.34. The van der Waals surface area contributed by atoms with Gasteiger partial charge in [-0.2, -0.15) is 13.2 Å². The quantitative estimate of drug-likeness (QED) is 0.431. The summed E-state index contributed by atoms with van der Waals surface area (Å²) < 4.78 is 65.3. The molecule has 0 radical (unpaired) electrons. The summed E-state index contributed by atoms with van der Waals surface area (Å²) >= 11 is 2.10. The van der Waals surface area contributed by atoms with Crippen LogP contribution in [0, 0.1) is 11.6 Å². The van der Waals surface area contributed by atoms with Crippen LogP contribution < -0.4 is 4.74 Å². The van der Waals surface area contributed by atoms with Crippen molar-refractivity contribution in [2.45, 2.75) is 11.8 Å². The van der Waals surface area contributed by atoms with Crippen LogP contribution in [0.4, 0.5) is 17.6 Å². The Labute approximate surface area is 130 Å². The summed E-state index contributed by atoms with van der Waals surface area (Å²) in [6.45, 7) is 1.93. The van der Waals surface area contributed by atoms with Gasteiger partial charge < -0.3 is 9.15 Å². The lowest BCUT2D eigenvalue weighted by Crippen LogP contribution is -2.05. The molecule has 0 saturated heterocycles. The monoisotopic (exact) mass is 376 g/mol. The van der Waals surface area contributed by atoms with E-state index in [0.29, 0.717) is 5.39 Å². The second-order valence-corrected chi connectivity index (χ2v) is 5.59. The molecular weight excluding hydrogens is 368 g/mol. The number of hydrogen-bond donors (Lipinski definition) is 0. The first-order chi connectivity index (χ1) is 10.3. The number of ether oxygens (including phenoxy) is 1. The van der Waals surface area contributed by atoms with Gasteiger partial charge in [0.2, 0.25) is 5.82 Å². The summed E-state index contributed by atoms with van der Waals surface area (Å²) in [5, 5.41) is 0.509. The van der Waals surface area contributed by atoms with E-state index < -0.39 is 27.6 Å². The number of hydrogen-bond acceptors (Lipinski definition) is 2. The predicted octanol–water partition coefficient (Wildman–Crippen LogP) is 5.71. The van der Waals surface area contributed by atoms with Crippen LogP contribution in [-0.4, -0.2) is 6.61 Å². The van der Waals surface area contributed by atoms with Gasteiger partial charge in [0.05, 0.1) is 12.2 Å². The van der Waals surface area contributed by atoms with Gasteiger partial charge >= 0.3 is 4.83 Å². The average molecular weight is 377 g/mol. The molecule has 7 heteroatoms. The zero-order chi connectivity index (χ0) is 16.1. The van der Waals surface area contributed by atoms with E-state index in [9.17, 15) is 17.6 Å². The number of fused-ring (bicyclic) bond motifs is 3. The van der Waals surface area contributed by atoms with Crippen molar-refractivity contribution in [1.29, 1.82) is 0 Å². The zero-order valence-electron chi connectivity index (χ0n) is 11.2. The molecule has 1 heterocycles. The Kier molecular flexibility index (Phi) is 3.55. The van der Waals surface area contributed by atoms with E-state index in [4.69, 9.17) is 9.15 Å². The minimum Gasteiger partial charge on any atom is -0.491 e. The number of benzene rings is 2. The Hall–Kier alpha value is -1.76. The third-order valence-corrected chi connectivity index (χ3v) is 3.69. The highest BCUT2D eigenvalue weighted by Gasteiger charge is 2.33. The summed E-state index contributed by atoms with van der Waals surface area (Å²) in [6, 6.07) is 5.10. The van der Waals surface area contributed by atoms with E-state index in [1.165, 1.54) is 18.2 Å². The van der Waals surface area contributed by atoms with E-state index in [0.717, 1.165) is 6.07 Å². The van der Waals surface area contributed by atoms with Gasteiger partial charge in [0.25, 0.3) is 0 Å². The van der Waals surface area contributed by atoms with Crippen molar-refractivity contribution in [3.05, 3.63) is 41.5 Å². The molecule has 3 rings (SSSR count). The molecule has 22 heavy (non-hydrogen) atoms. The van der Waals surface area contributed by atoms with Gasteiger partial charge in [-0.1, -0.05) is 0 Å². The van der Waals surface area contributed by atoms with E-state index in [2.05, 4.69) is 15.9 Å². The standard InChI is InChI=1S/C15H9BrF4O2/c1-2-21-10-6-4-8-7-3-5-9(15(16,19)20)11(17)13(7)22-14(8)12(10)18/h3-6H,2H2,1H3. The van der Waals surface area contributed by atoms with Crippen molar-refractivity contribution in [3.63, 3.8) is 0 Å². The van der Waals surface area contributed by atoms with E-state index in [-0.39, 0.29) is 23.3 Å². The molecule has 0 atom stereocenters. The Morgan fingerprint density at radius 1 is 1.05 bits per heavy atom. The van der Waals surface area contributed by atoms with E-state index >= 15 is 0 Å². The van der Waals surface area contributed by atoms with Crippen molar-refractivity contribution in [3.8, 4) is 5.75 Å². The van der Waals surface area contributed by atoms with Gasteiger partial charge in [-0.05, 0) is 47.1 Å². The van der Waals surface area contributed by atoms with Gasteiger partial charge in [0, 0.05) is 10.8 Å². The van der Waals surface area contributed by atoms with Crippen LogP contribution in [0.3, 0.4) is 0 Å². The van der Waals surface area contributed by atoms with E-state index in [1.807, 2.05) is 0 Å². The number of furan rings is 1. The van der Waals surface area contributed by atoms with E-state index in [1.54, 1.807) is 6.92 Å². The summed E-state index contributed by atoms with van der Waals surface area (Å²) in [4.78, 5) is -3.54. The maximum atomic E-state index is 14.3. The first-order valence-corrected chi connectivity index (χ1v) is 7.17. The van der Waals surface area contributed by atoms with Gasteiger partial charge in [-0.25, -0.2) is 4.39 Å². The fourth-order valence-corrected chi connectivity index (χ4v) is 2.61. The maximum Gasteiger partial charge on any atom is 0.329 e. The fourth-order valence-electron chi connectivity index (χ4n) is 2.31. The summed E-state index contributed by atoms with van der Waals surface area (Å²) in [5.74, 6) is -2.06. The van der Waals surface area contributed by atoms with Crippen LogP contribution in [0.5, 0.6) is 5.75 Å². The lowest BCUT2D eigenvalue weighted by Gasteiger charge is -2.09. The molecule has 0 bridgehead atoms. The number of halogens is 5. The SMILES string of the molecule is CCOc1ccc2c(oc3c(F)c(C(F)(F)Br)ccc32)c1F. The smallest absolute Gasteiger partial charge is 0.329 e. The third-order valence-electron chi connectivity index (χ3n) is 3.26. The second kappa shape index (κ2) is 5.15. The first-order valence-electron chi connectivity index (χ1n) is 6.37. The Morgan fingerprint density at radius 3 is 2.23 bits per heavy atom. The van der Waals surface area contributed by atoms with Crippen LogP contribution in [-0.2, 0) is 4.83 Å². The lowest BCUT2D eigenvalue weighted by molar-refractivity contribution is 0.110. The molecule has 3 aromatic rings. The van der Waals surface area contributed by atoms with Crippen molar-refractivity contribution in [1.82, 2.24) is 0 Å². The summed E-state index contributed by atoms with van der Waals surface area (Å²) in [7, 11) is 0. The normalized spacial score (nSPS) is 12.3. The molecule has 0 aliphatic heterocycles. The molecule has 116 valence electrons. The molecule has 2 nitrogen and oxygen atoms in total. The third kappa shape index (κ3) is 2.24. The molecular formula is C15H9BrF4O2. The molecule has 0 aliphatic carbocycles. The van der Waals surface area contributed by atoms with Crippen LogP contribution in [0.2, 0.25) is 0 Å². The molecule has 1 aromatic heterocycles. The summed E-state index contributed by atoms with van der Waals surface area (Å²) in [5.41, 5.74) is -1.52. The molecule has 0 unspecified atom stereocenters. The van der Waals surface area contributed by atoms with Gasteiger partial charge in [-0.15, -0.1) is 0 Å². The molecule has 0 aliphatic rings. The molecule has 0 fully saturated rings. The molecule has 0 amide bonds. The minimum absolute atomic E-state index is 0.0412. The molecule has 0 N–H and O–H groups in total. The lowest BCUT2D eigenvalue weighted by atomic mass is 10.1. The maximum absolute atomic E-state index is 14.3. The van der Waals surface area contributed by atoms with Crippen molar-refractivity contribution in [2.24, 2.45) is 0 Å². The van der Waals surface area contributed by atoms with Crippen LogP contribution in [0.15, 0.2) is 28.7 Å². The first kappa shape index (κ1) is 15.1. The van der Waals surface area contributed by atoms with Gasteiger partial charge in [0.1, 0.15) is 0 Å². The highest BCUT2D eigenvalue weighted by atomic mass is 79.9. The van der Waals surface area contributed by atoms with Gasteiger partial charge in [-0.3, -0.25) is 0 Å². The van der Waals surface area contributed by atoms with Crippen LogP contribution in [0.1, 0.15) is 12.5 Å². The predicted molar refractivity (Wildman–Crippen MR) is 77.6 cm³/mol. The fraction of sp³-hybridized carbons (Fsp3) is 0.200. The highest BCUT2D eigenvalue weighted by Crippen LogP contribution is 2.41. The largest absolute Gasteiger partial charge is 0.491 e. The van der Waals surface area contributed by atoms with Crippen molar-refractivity contribution < 1.29 is 26.7 Å². The molecule has 0 spiro atoms. The molecule has 0 saturated carbocycles. The Morgan fingerprint density at radius 2 is 1.64 bits per heavy atom. The Bertz CT molecular complexity index is 867. The minimum atomic E-state index is -3.54. The van der Waals surface area contributed by atoms with Crippen molar-refractivity contribution in [2.75, 3.05) is 6.61 Å². The zero-order valence-corrected chi connectivity index (χ0v) is 12.8. The van der Waals surface area contributed by atoms with Gasteiger partial charge in [0.15, 0.2) is 22.7 Å². The topological polar surface area (TPSA) is 22.4 Å². The summed E-state index contributed by atoms with van der Waals surface area (Å²) in [6.07, 6.45) is 0. The van der Waals surface area contributed by atoms with Crippen molar-refractivity contribution >= 4 is 37.9 Å².